The normalized spacial score (nSPS) is 13.4. The lowest BCUT2D eigenvalue weighted by Gasteiger charge is -2.15. The summed E-state index contributed by atoms with van der Waals surface area (Å²) < 4.78 is 22.7. The van der Waals surface area contributed by atoms with Crippen LogP contribution in [-0.2, 0) is 10.0 Å². The number of hydrogen-bond donors (Lipinski definition) is 2. The van der Waals surface area contributed by atoms with Crippen molar-refractivity contribution in [1.82, 2.24) is 0 Å². The molecule has 0 aliphatic heterocycles. The SMILES string of the molecule is CCCC(C)Nc1ccc(C)c(S(N)(=O)=O)c1. The highest BCUT2D eigenvalue weighted by Crippen LogP contribution is 2.20. The van der Waals surface area contributed by atoms with Gasteiger partial charge >= 0.3 is 0 Å². The van der Waals surface area contributed by atoms with Crippen LogP contribution in [-0.4, -0.2) is 14.5 Å². The lowest BCUT2D eigenvalue weighted by molar-refractivity contribution is 0.597. The molecule has 1 aromatic rings. The van der Waals surface area contributed by atoms with Gasteiger partial charge in [-0.05, 0) is 38.0 Å². The third kappa shape index (κ3) is 4.02. The van der Waals surface area contributed by atoms with Gasteiger partial charge in [-0.2, -0.15) is 0 Å². The number of anilines is 1. The second-order valence-corrected chi connectivity index (χ2v) is 5.89. The van der Waals surface area contributed by atoms with Gasteiger partial charge in [-0.15, -0.1) is 0 Å². The van der Waals surface area contributed by atoms with Crippen LogP contribution < -0.4 is 10.5 Å². The Kier molecular flexibility index (Phi) is 4.54. The van der Waals surface area contributed by atoms with Crippen molar-refractivity contribution in [3.05, 3.63) is 23.8 Å². The molecule has 17 heavy (non-hydrogen) atoms. The van der Waals surface area contributed by atoms with Gasteiger partial charge in [-0.3, -0.25) is 0 Å². The van der Waals surface area contributed by atoms with Crippen molar-refractivity contribution in [2.75, 3.05) is 5.32 Å². The number of aryl methyl sites for hydroxylation is 1. The predicted molar refractivity (Wildman–Crippen MR) is 70.5 cm³/mol. The fourth-order valence-electron chi connectivity index (χ4n) is 1.79. The number of nitrogens with two attached hydrogens (primary N) is 1. The van der Waals surface area contributed by atoms with Crippen LogP contribution in [0.15, 0.2) is 23.1 Å². The van der Waals surface area contributed by atoms with Crippen molar-refractivity contribution in [2.24, 2.45) is 5.14 Å². The van der Waals surface area contributed by atoms with Gasteiger partial charge in [0.25, 0.3) is 0 Å². The van der Waals surface area contributed by atoms with Crippen molar-refractivity contribution in [2.45, 2.75) is 44.6 Å². The largest absolute Gasteiger partial charge is 0.383 e. The van der Waals surface area contributed by atoms with E-state index in [1.807, 2.05) is 6.07 Å². The Morgan fingerprint density at radius 1 is 1.41 bits per heavy atom. The van der Waals surface area contributed by atoms with E-state index in [1.165, 1.54) is 0 Å². The van der Waals surface area contributed by atoms with Crippen LogP contribution >= 0.6 is 0 Å². The lowest BCUT2D eigenvalue weighted by Crippen LogP contribution is -2.17. The van der Waals surface area contributed by atoms with Gasteiger partial charge in [0.15, 0.2) is 0 Å². The molecule has 0 heterocycles. The molecule has 1 atom stereocenters. The van der Waals surface area contributed by atoms with Gasteiger partial charge in [0, 0.05) is 11.7 Å². The fourth-order valence-corrected chi connectivity index (χ4v) is 2.59. The van der Waals surface area contributed by atoms with E-state index in [1.54, 1.807) is 19.1 Å². The van der Waals surface area contributed by atoms with E-state index in [2.05, 4.69) is 19.2 Å². The van der Waals surface area contributed by atoms with E-state index >= 15 is 0 Å². The van der Waals surface area contributed by atoms with Crippen molar-refractivity contribution in [1.29, 1.82) is 0 Å². The molecule has 3 N–H and O–H groups in total. The van der Waals surface area contributed by atoms with Crippen LogP contribution in [0.2, 0.25) is 0 Å². The number of benzene rings is 1. The summed E-state index contributed by atoms with van der Waals surface area (Å²) in [5.74, 6) is 0. The zero-order valence-corrected chi connectivity index (χ0v) is 11.3. The summed E-state index contributed by atoms with van der Waals surface area (Å²) in [4.78, 5) is 0.186. The van der Waals surface area contributed by atoms with Crippen LogP contribution in [0.3, 0.4) is 0 Å². The minimum Gasteiger partial charge on any atom is -0.383 e. The van der Waals surface area contributed by atoms with Crippen LogP contribution in [0.5, 0.6) is 0 Å². The van der Waals surface area contributed by atoms with E-state index < -0.39 is 10.0 Å². The van der Waals surface area contributed by atoms with Crippen molar-refractivity contribution in [3.8, 4) is 0 Å². The number of hydrogen-bond acceptors (Lipinski definition) is 3. The Hall–Kier alpha value is -1.07. The fraction of sp³-hybridized carbons (Fsp3) is 0.500. The lowest BCUT2D eigenvalue weighted by atomic mass is 10.1. The van der Waals surface area contributed by atoms with Crippen LogP contribution in [0.25, 0.3) is 0 Å². The molecule has 4 nitrogen and oxygen atoms in total. The number of primary sulfonamides is 1. The average Bonchev–Trinajstić information content (AvgIpc) is 2.19. The zero-order chi connectivity index (χ0) is 13.1. The predicted octanol–water partition coefficient (Wildman–Crippen LogP) is 2.24. The summed E-state index contributed by atoms with van der Waals surface area (Å²) in [5, 5.41) is 8.42. The number of nitrogens with one attached hydrogen (secondary N) is 1. The second kappa shape index (κ2) is 5.51. The molecule has 0 radical (unpaired) electrons. The first-order valence-electron chi connectivity index (χ1n) is 5.74. The van der Waals surface area contributed by atoms with Crippen molar-refractivity contribution >= 4 is 15.7 Å². The molecule has 1 aromatic carbocycles. The number of rotatable bonds is 5. The Balaban J connectivity index is 2.97. The third-order valence-corrected chi connectivity index (χ3v) is 3.68. The monoisotopic (exact) mass is 256 g/mol. The first-order chi connectivity index (χ1) is 7.84. The van der Waals surface area contributed by atoms with E-state index in [9.17, 15) is 8.42 Å². The first-order valence-corrected chi connectivity index (χ1v) is 7.29. The van der Waals surface area contributed by atoms with Gasteiger partial charge in [0.1, 0.15) is 0 Å². The van der Waals surface area contributed by atoms with Gasteiger partial charge in [-0.25, -0.2) is 13.6 Å². The van der Waals surface area contributed by atoms with E-state index in [0.717, 1.165) is 18.5 Å². The maximum atomic E-state index is 11.4. The maximum Gasteiger partial charge on any atom is 0.238 e. The highest BCUT2D eigenvalue weighted by atomic mass is 32.2. The molecule has 0 saturated heterocycles. The molecule has 96 valence electrons. The highest BCUT2D eigenvalue weighted by molar-refractivity contribution is 7.89. The molecule has 0 aliphatic carbocycles. The zero-order valence-electron chi connectivity index (χ0n) is 10.5. The quantitative estimate of drug-likeness (QED) is 0.848. The Bertz CT molecular complexity index is 483. The summed E-state index contributed by atoms with van der Waals surface area (Å²) in [6.07, 6.45) is 2.13. The molecule has 0 aromatic heterocycles. The molecule has 0 aliphatic rings. The first kappa shape index (κ1) is 14.0. The average molecular weight is 256 g/mol. The topological polar surface area (TPSA) is 72.2 Å². The van der Waals surface area contributed by atoms with Crippen LogP contribution in [0.4, 0.5) is 5.69 Å². The Morgan fingerprint density at radius 2 is 2.06 bits per heavy atom. The molecular formula is C12H20N2O2S. The van der Waals surface area contributed by atoms with Gasteiger partial charge < -0.3 is 5.32 Å². The Labute approximate surface area is 103 Å². The second-order valence-electron chi connectivity index (χ2n) is 4.36. The highest BCUT2D eigenvalue weighted by Gasteiger charge is 2.12. The molecular weight excluding hydrogens is 236 g/mol. The minimum absolute atomic E-state index is 0.186. The summed E-state index contributed by atoms with van der Waals surface area (Å²) in [5.41, 5.74) is 1.46. The molecule has 0 bridgehead atoms. The maximum absolute atomic E-state index is 11.4. The van der Waals surface area contributed by atoms with E-state index in [-0.39, 0.29) is 4.90 Å². The summed E-state index contributed by atoms with van der Waals surface area (Å²) in [6.45, 7) is 5.92. The van der Waals surface area contributed by atoms with Crippen LogP contribution in [0.1, 0.15) is 32.3 Å². The molecule has 0 amide bonds. The van der Waals surface area contributed by atoms with E-state index in [0.29, 0.717) is 11.6 Å². The summed E-state index contributed by atoms with van der Waals surface area (Å²) >= 11 is 0. The molecule has 5 heteroatoms. The summed E-state index contributed by atoms with van der Waals surface area (Å²) in [7, 11) is -3.64. The standard InChI is InChI=1S/C12H20N2O2S/c1-4-5-10(3)14-11-7-6-9(2)12(8-11)17(13,15)16/h6-8,10,14H,4-5H2,1-3H3,(H2,13,15,16). The summed E-state index contributed by atoms with van der Waals surface area (Å²) in [6, 6.07) is 5.55. The van der Waals surface area contributed by atoms with E-state index in [4.69, 9.17) is 5.14 Å². The molecule has 0 fully saturated rings. The third-order valence-electron chi connectivity index (χ3n) is 2.63. The minimum atomic E-state index is -3.64. The van der Waals surface area contributed by atoms with Gasteiger partial charge in [-0.1, -0.05) is 19.4 Å². The smallest absolute Gasteiger partial charge is 0.238 e. The van der Waals surface area contributed by atoms with Crippen molar-refractivity contribution in [3.63, 3.8) is 0 Å². The Morgan fingerprint density at radius 3 is 2.59 bits per heavy atom. The van der Waals surface area contributed by atoms with Gasteiger partial charge in [0.05, 0.1) is 4.90 Å². The molecule has 1 unspecified atom stereocenters. The molecule has 0 spiro atoms. The number of sulfonamides is 1. The molecule has 0 saturated carbocycles. The van der Waals surface area contributed by atoms with Crippen LogP contribution in [0, 0.1) is 6.92 Å². The van der Waals surface area contributed by atoms with Gasteiger partial charge in [0.2, 0.25) is 10.0 Å². The van der Waals surface area contributed by atoms with Crippen molar-refractivity contribution < 1.29 is 8.42 Å². The molecule has 1 rings (SSSR count).